The van der Waals surface area contributed by atoms with E-state index in [0.717, 1.165) is 23.9 Å². The average molecular weight is 307 g/mol. The molecule has 1 unspecified atom stereocenters. The summed E-state index contributed by atoms with van der Waals surface area (Å²) >= 11 is 1.13. The highest BCUT2D eigenvalue weighted by Gasteiger charge is 2.30. The highest BCUT2D eigenvalue weighted by molar-refractivity contribution is 7.98. The van der Waals surface area contributed by atoms with Crippen molar-refractivity contribution in [2.24, 2.45) is 0 Å². The van der Waals surface area contributed by atoms with Gasteiger partial charge in [0.25, 0.3) is 0 Å². The fourth-order valence-corrected chi connectivity index (χ4v) is 2.41. The SMILES string of the molecule is O=CNC(CSCc1cccc(C(F)(F)F)c1)C(=O)O. The van der Waals surface area contributed by atoms with Gasteiger partial charge >= 0.3 is 12.1 Å². The third-order valence-electron chi connectivity index (χ3n) is 2.37. The standard InChI is InChI=1S/C12H12F3NO3S/c13-12(14,15)9-3-1-2-8(4-9)5-20-6-10(11(18)19)16-7-17/h1-4,7,10H,5-6H2,(H,16,17)(H,18,19). The van der Waals surface area contributed by atoms with E-state index in [1.807, 2.05) is 0 Å². The Labute approximate surface area is 117 Å². The minimum atomic E-state index is -4.40. The molecule has 110 valence electrons. The molecule has 1 aromatic rings. The second-order valence-corrected chi connectivity index (χ2v) is 4.92. The van der Waals surface area contributed by atoms with Gasteiger partial charge in [-0.1, -0.05) is 18.2 Å². The van der Waals surface area contributed by atoms with E-state index in [1.54, 1.807) is 0 Å². The van der Waals surface area contributed by atoms with Crippen molar-refractivity contribution in [1.82, 2.24) is 5.32 Å². The predicted octanol–water partition coefficient (Wildman–Crippen LogP) is 2.14. The fourth-order valence-electron chi connectivity index (χ4n) is 1.40. The number of aliphatic carboxylic acids is 1. The van der Waals surface area contributed by atoms with Crippen molar-refractivity contribution in [2.75, 3.05) is 5.75 Å². The molecule has 2 N–H and O–H groups in total. The Balaban J connectivity index is 2.57. The highest BCUT2D eigenvalue weighted by Crippen LogP contribution is 2.30. The predicted molar refractivity (Wildman–Crippen MR) is 68.2 cm³/mol. The van der Waals surface area contributed by atoms with E-state index in [4.69, 9.17) is 5.11 Å². The first-order chi connectivity index (χ1) is 9.34. The third-order valence-corrected chi connectivity index (χ3v) is 3.48. The van der Waals surface area contributed by atoms with Crippen LogP contribution in [-0.4, -0.2) is 29.3 Å². The van der Waals surface area contributed by atoms with E-state index in [-0.39, 0.29) is 17.9 Å². The van der Waals surface area contributed by atoms with E-state index < -0.39 is 23.8 Å². The number of amides is 1. The maximum absolute atomic E-state index is 12.5. The zero-order valence-electron chi connectivity index (χ0n) is 10.2. The van der Waals surface area contributed by atoms with Crippen LogP contribution in [0.2, 0.25) is 0 Å². The van der Waals surface area contributed by atoms with Crippen molar-refractivity contribution in [2.45, 2.75) is 18.0 Å². The number of thioether (sulfide) groups is 1. The van der Waals surface area contributed by atoms with Gasteiger partial charge in [-0.05, 0) is 11.6 Å². The lowest BCUT2D eigenvalue weighted by Crippen LogP contribution is -2.37. The van der Waals surface area contributed by atoms with Gasteiger partial charge in [-0.2, -0.15) is 24.9 Å². The fraction of sp³-hybridized carbons (Fsp3) is 0.333. The minimum absolute atomic E-state index is 0.0737. The molecule has 4 nitrogen and oxygen atoms in total. The Hall–Kier alpha value is -1.70. The summed E-state index contributed by atoms with van der Waals surface area (Å²) in [6.07, 6.45) is -4.12. The zero-order chi connectivity index (χ0) is 15.2. The molecule has 0 fully saturated rings. The second-order valence-electron chi connectivity index (χ2n) is 3.89. The summed E-state index contributed by atoms with van der Waals surface area (Å²) < 4.78 is 37.5. The molecule has 1 atom stereocenters. The summed E-state index contributed by atoms with van der Waals surface area (Å²) in [5.74, 6) is -0.882. The molecule has 0 saturated heterocycles. The molecule has 0 aliphatic rings. The average Bonchev–Trinajstić information content (AvgIpc) is 2.37. The number of nitrogens with one attached hydrogen (secondary N) is 1. The number of carboxylic acids is 1. The molecule has 20 heavy (non-hydrogen) atoms. The lowest BCUT2D eigenvalue weighted by molar-refractivity contribution is -0.140. The molecule has 1 aromatic carbocycles. The van der Waals surface area contributed by atoms with Crippen molar-refractivity contribution >= 4 is 24.1 Å². The summed E-state index contributed by atoms with van der Waals surface area (Å²) in [5, 5.41) is 10.9. The number of carbonyl (C=O) groups excluding carboxylic acids is 1. The lowest BCUT2D eigenvalue weighted by Gasteiger charge is -2.11. The molecule has 0 aromatic heterocycles. The largest absolute Gasteiger partial charge is 0.480 e. The number of alkyl halides is 3. The Morgan fingerprint density at radius 2 is 2.15 bits per heavy atom. The third kappa shape index (κ3) is 5.12. The van der Waals surface area contributed by atoms with Gasteiger partial charge in [0.1, 0.15) is 6.04 Å². The molecule has 0 aliphatic carbocycles. The van der Waals surface area contributed by atoms with E-state index in [1.165, 1.54) is 12.1 Å². The van der Waals surface area contributed by atoms with Crippen LogP contribution in [0.4, 0.5) is 13.2 Å². The van der Waals surface area contributed by atoms with Gasteiger partial charge in [-0.15, -0.1) is 0 Å². The van der Waals surface area contributed by atoms with Gasteiger partial charge in [0.05, 0.1) is 5.56 Å². The smallest absolute Gasteiger partial charge is 0.416 e. The van der Waals surface area contributed by atoms with Crippen LogP contribution in [0.5, 0.6) is 0 Å². The Kier molecular flexibility index (Phi) is 5.87. The van der Waals surface area contributed by atoms with Crippen LogP contribution in [0, 0.1) is 0 Å². The highest BCUT2D eigenvalue weighted by atomic mass is 32.2. The van der Waals surface area contributed by atoms with Gasteiger partial charge in [0, 0.05) is 11.5 Å². The first-order valence-corrected chi connectivity index (χ1v) is 6.66. The van der Waals surface area contributed by atoms with Crippen molar-refractivity contribution < 1.29 is 27.9 Å². The van der Waals surface area contributed by atoms with Crippen molar-refractivity contribution in [3.8, 4) is 0 Å². The van der Waals surface area contributed by atoms with Crippen molar-refractivity contribution in [3.63, 3.8) is 0 Å². The zero-order valence-corrected chi connectivity index (χ0v) is 11.0. The van der Waals surface area contributed by atoms with E-state index >= 15 is 0 Å². The number of hydrogen-bond donors (Lipinski definition) is 2. The number of halogens is 3. The molecule has 0 aliphatic heterocycles. The summed E-state index contributed by atoms with van der Waals surface area (Å²) in [6, 6.07) is 3.78. The Bertz CT molecular complexity index is 479. The maximum atomic E-state index is 12.5. The van der Waals surface area contributed by atoms with Gasteiger partial charge in [-0.3, -0.25) is 4.79 Å². The van der Waals surface area contributed by atoms with Crippen LogP contribution >= 0.6 is 11.8 Å². The molecule has 8 heteroatoms. The molecule has 0 spiro atoms. The second kappa shape index (κ2) is 7.18. The normalized spacial score (nSPS) is 12.8. The molecule has 1 rings (SSSR count). The summed E-state index contributed by atoms with van der Waals surface area (Å²) in [5.41, 5.74) is -0.295. The van der Waals surface area contributed by atoms with Gasteiger partial charge in [0.2, 0.25) is 6.41 Å². The van der Waals surface area contributed by atoms with Crippen LogP contribution in [0.15, 0.2) is 24.3 Å². The molecule has 0 radical (unpaired) electrons. The van der Waals surface area contributed by atoms with Crippen LogP contribution in [0.3, 0.4) is 0 Å². The Morgan fingerprint density at radius 3 is 2.70 bits per heavy atom. The van der Waals surface area contributed by atoms with Gasteiger partial charge in [0.15, 0.2) is 0 Å². The van der Waals surface area contributed by atoms with E-state index in [0.29, 0.717) is 5.56 Å². The minimum Gasteiger partial charge on any atom is -0.480 e. The van der Waals surface area contributed by atoms with Crippen molar-refractivity contribution in [1.29, 1.82) is 0 Å². The topological polar surface area (TPSA) is 66.4 Å². The van der Waals surface area contributed by atoms with Crippen LogP contribution in [0.25, 0.3) is 0 Å². The quantitative estimate of drug-likeness (QED) is 0.757. The molecular weight excluding hydrogens is 295 g/mol. The lowest BCUT2D eigenvalue weighted by atomic mass is 10.1. The summed E-state index contributed by atoms with van der Waals surface area (Å²) in [4.78, 5) is 20.9. The number of carbonyl (C=O) groups is 2. The monoisotopic (exact) mass is 307 g/mol. The molecule has 1 amide bonds. The van der Waals surface area contributed by atoms with E-state index in [9.17, 15) is 22.8 Å². The summed E-state index contributed by atoms with van der Waals surface area (Å²) in [6.45, 7) is 0. The molecular formula is C12H12F3NO3S. The number of rotatable bonds is 7. The maximum Gasteiger partial charge on any atom is 0.416 e. The number of carboxylic acid groups (broad SMARTS) is 1. The van der Waals surface area contributed by atoms with E-state index in [2.05, 4.69) is 5.32 Å². The first-order valence-electron chi connectivity index (χ1n) is 5.51. The molecule has 0 saturated carbocycles. The number of benzene rings is 1. The van der Waals surface area contributed by atoms with Gasteiger partial charge in [-0.25, -0.2) is 4.79 Å². The first kappa shape index (κ1) is 16.4. The van der Waals surface area contributed by atoms with Crippen LogP contribution < -0.4 is 5.32 Å². The van der Waals surface area contributed by atoms with Crippen LogP contribution in [-0.2, 0) is 21.5 Å². The summed E-state index contributed by atoms with van der Waals surface area (Å²) in [7, 11) is 0. The van der Waals surface area contributed by atoms with Crippen molar-refractivity contribution in [3.05, 3.63) is 35.4 Å². The Morgan fingerprint density at radius 1 is 1.45 bits per heavy atom. The molecule has 0 heterocycles. The molecule has 0 bridgehead atoms. The number of hydrogen-bond acceptors (Lipinski definition) is 3. The van der Waals surface area contributed by atoms with Gasteiger partial charge < -0.3 is 10.4 Å². The van der Waals surface area contributed by atoms with Crippen LogP contribution in [0.1, 0.15) is 11.1 Å².